The quantitative estimate of drug-likeness (QED) is 0.786. The summed E-state index contributed by atoms with van der Waals surface area (Å²) in [6.45, 7) is 7.36. The molecule has 0 spiro atoms. The van der Waals surface area contributed by atoms with E-state index in [0.29, 0.717) is 16.6 Å². The highest BCUT2D eigenvalue weighted by molar-refractivity contribution is 9.10. The van der Waals surface area contributed by atoms with Gasteiger partial charge in [-0.1, -0.05) is 13.8 Å². The summed E-state index contributed by atoms with van der Waals surface area (Å²) in [5.74, 6) is -0.794. The van der Waals surface area contributed by atoms with Crippen LogP contribution in [0.3, 0.4) is 0 Å². The highest BCUT2D eigenvalue weighted by Crippen LogP contribution is 2.22. The SMILES string of the molecule is CCN(CC)CCNC(=O)c1cc(N)c(F)cc1Br. The molecular formula is C13H19BrFN3O. The topological polar surface area (TPSA) is 58.4 Å². The van der Waals surface area contributed by atoms with Crippen molar-refractivity contribution in [1.29, 1.82) is 0 Å². The molecule has 4 nitrogen and oxygen atoms in total. The van der Waals surface area contributed by atoms with Gasteiger partial charge in [0.2, 0.25) is 0 Å². The maximum atomic E-state index is 13.2. The molecule has 0 heterocycles. The van der Waals surface area contributed by atoms with Gasteiger partial charge in [-0.2, -0.15) is 0 Å². The number of halogens is 2. The number of amides is 1. The average molecular weight is 332 g/mol. The van der Waals surface area contributed by atoms with Crippen LogP contribution in [0.4, 0.5) is 10.1 Å². The fourth-order valence-electron chi connectivity index (χ4n) is 1.70. The Balaban J connectivity index is 2.61. The second-order valence-electron chi connectivity index (χ2n) is 4.14. The van der Waals surface area contributed by atoms with Gasteiger partial charge in [0.05, 0.1) is 11.3 Å². The van der Waals surface area contributed by atoms with Gasteiger partial charge in [0.25, 0.3) is 5.91 Å². The molecule has 0 fully saturated rings. The summed E-state index contributed by atoms with van der Waals surface area (Å²) in [7, 11) is 0. The number of nitrogens with two attached hydrogens (primary N) is 1. The van der Waals surface area contributed by atoms with Crippen LogP contribution in [0.15, 0.2) is 16.6 Å². The van der Waals surface area contributed by atoms with Crippen molar-refractivity contribution in [1.82, 2.24) is 10.2 Å². The zero-order chi connectivity index (χ0) is 14.4. The molecule has 1 rings (SSSR count). The van der Waals surface area contributed by atoms with Gasteiger partial charge >= 0.3 is 0 Å². The first kappa shape index (κ1) is 15.9. The van der Waals surface area contributed by atoms with Crippen molar-refractivity contribution in [2.24, 2.45) is 0 Å². The number of likely N-dealkylation sites (N-methyl/N-ethyl adjacent to an activating group) is 1. The zero-order valence-corrected chi connectivity index (χ0v) is 12.8. The fourth-order valence-corrected chi connectivity index (χ4v) is 2.20. The summed E-state index contributed by atoms with van der Waals surface area (Å²) in [5, 5.41) is 2.80. The Morgan fingerprint density at radius 2 is 2.05 bits per heavy atom. The second-order valence-corrected chi connectivity index (χ2v) is 4.99. The van der Waals surface area contributed by atoms with Gasteiger partial charge in [-0.3, -0.25) is 4.79 Å². The van der Waals surface area contributed by atoms with E-state index in [1.165, 1.54) is 12.1 Å². The number of nitrogens with one attached hydrogen (secondary N) is 1. The van der Waals surface area contributed by atoms with Crippen LogP contribution < -0.4 is 11.1 Å². The predicted molar refractivity (Wildman–Crippen MR) is 78.6 cm³/mol. The molecule has 0 saturated heterocycles. The Labute approximate surface area is 121 Å². The Morgan fingerprint density at radius 1 is 1.42 bits per heavy atom. The van der Waals surface area contributed by atoms with Crippen LogP contribution in [0.1, 0.15) is 24.2 Å². The molecule has 6 heteroatoms. The number of hydrogen-bond donors (Lipinski definition) is 2. The molecule has 1 aromatic carbocycles. The van der Waals surface area contributed by atoms with Crippen LogP contribution in [0, 0.1) is 5.82 Å². The first-order chi connectivity index (χ1) is 8.99. The number of nitrogen functional groups attached to an aromatic ring is 1. The number of anilines is 1. The lowest BCUT2D eigenvalue weighted by molar-refractivity contribution is 0.0948. The standard InChI is InChI=1S/C13H19BrFN3O/c1-3-18(4-2)6-5-17-13(19)9-7-12(16)11(15)8-10(9)14/h7-8H,3-6,16H2,1-2H3,(H,17,19). The lowest BCUT2D eigenvalue weighted by atomic mass is 10.2. The first-order valence-electron chi connectivity index (χ1n) is 6.24. The van der Waals surface area contributed by atoms with E-state index in [-0.39, 0.29) is 11.6 Å². The third-order valence-corrected chi connectivity index (χ3v) is 3.60. The van der Waals surface area contributed by atoms with Crippen molar-refractivity contribution >= 4 is 27.5 Å². The van der Waals surface area contributed by atoms with Crippen LogP contribution in [-0.4, -0.2) is 37.0 Å². The van der Waals surface area contributed by atoms with Gasteiger partial charge in [-0.25, -0.2) is 4.39 Å². The van der Waals surface area contributed by atoms with Crippen molar-refractivity contribution < 1.29 is 9.18 Å². The molecule has 0 aliphatic rings. The van der Waals surface area contributed by atoms with E-state index in [9.17, 15) is 9.18 Å². The summed E-state index contributed by atoms with van der Waals surface area (Å²) in [6.07, 6.45) is 0. The largest absolute Gasteiger partial charge is 0.396 e. The minimum absolute atomic E-state index is 0.0305. The van der Waals surface area contributed by atoms with Crippen molar-refractivity contribution in [3.8, 4) is 0 Å². The Hall–Kier alpha value is -1.14. The Bertz CT molecular complexity index is 450. The third kappa shape index (κ3) is 4.47. The maximum Gasteiger partial charge on any atom is 0.252 e. The van der Waals surface area contributed by atoms with E-state index >= 15 is 0 Å². The van der Waals surface area contributed by atoms with Crippen LogP contribution in [0.2, 0.25) is 0 Å². The molecule has 0 radical (unpaired) electrons. The lowest BCUT2D eigenvalue weighted by Crippen LogP contribution is -2.35. The summed E-state index contributed by atoms with van der Waals surface area (Å²) < 4.78 is 13.6. The second kappa shape index (κ2) is 7.45. The Kier molecular flexibility index (Phi) is 6.24. The summed E-state index contributed by atoms with van der Waals surface area (Å²) in [5.41, 5.74) is 5.78. The van der Waals surface area contributed by atoms with Crippen molar-refractivity contribution in [3.05, 3.63) is 28.0 Å². The minimum Gasteiger partial charge on any atom is -0.396 e. The first-order valence-corrected chi connectivity index (χ1v) is 7.03. The molecule has 19 heavy (non-hydrogen) atoms. The molecule has 1 aromatic rings. The van der Waals surface area contributed by atoms with Crippen LogP contribution in [0.5, 0.6) is 0 Å². The molecule has 3 N–H and O–H groups in total. The number of hydrogen-bond acceptors (Lipinski definition) is 3. The average Bonchev–Trinajstić information content (AvgIpc) is 2.38. The molecule has 0 saturated carbocycles. The van der Waals surface area contributed by atoms with E-state index in [1.807, 2.05) is 0 Å². The van der Waals surface area contributed by atoms with Crippen LogP contribution >= 0.6 is 15.9 Å². The molecule has 1 amide bonds. The summed E-state index contributed by atoms with van der Waals surface area (Å²) in [6, 6.07) is 2.54. The fraction of sp³-hybridized carbons (Fsp3) is 0.462. The van der Waals surface area contributed by atoms with Crippen molar-refractivity contribution in [2.75, 3.05) is 31.9 Å². The smallest absolute Gasteiger partial charge is 0.252 e. The molecule has 0 unspecified atom stereocenters. The van der Waals surface area contributed by atoms with Gasteiger partial charge in [0, 0.05) is 17.6 Å². The van der Waals surface area contributed by atoms with Gasteiger partial charge in [0.15, 0.2) is 0 Å². The van der Waals surface area contributed by atoms with Gasteiger partial charge in [-0.15, -0.1) is 0 Å². The van der Waals surface area contributed by atoms with Crippen molar-refractivity contribution in [3.63, 3.8) is 0 Å². The number of benzene rings is 1. The molecule has 0 aromatic heterocycles. The molecule has 106 valence electrons. The normalized spacial score (nSPS) is 10.8. The number of rotatable bonds is 6. The summed E-state index contributed by atoms with van der Waals surface area (Å²) >= 11 is 3.16. The zero-order valence-electron chi connectivity index (χ0n) is 11.2. The highest BCUT2D eigenvalue weighted by atomic mass is 79.9. The lowest BCUT2D eigenvalue weighted by Gasteiger charge is -2.18. The van der Waals surface area contributed by atoms with Gasteiger partial charge in [-0.05, 0) is 41.2 Å². The van der Waals surface area contributed by atoms with E-state index in [4.69, 9.17) is 5.73 Å². The minimum atomic E-state index is -0.536. The van der Waals surface area contributed by atoms with E-state index < -0.39 is 5.82 Å². The van der Waals surface area contributed by atoms with Gasteiger partial charge in [0.1, 0.15) is 5.82 Å². The molecule has 0 aliphatic carbocycles. The van der Waals surface area contributed by atoms with E-state index in [1.54, 1.807) is 0 Å². The van der Waals surface area contributed by atoms with E-state index in [0.717, 1.165) is 19.6 Å². The third-order valence-electron chi connectivity index (χ3n) is 2.94. The molecular weight excluding hydrogens is 313 g/mol. The Morgan fingerprint density at radius 3 is 2.63 bits per heavy atom. The monoisotopic (exact) mass is 331 g/mol. The number of carbonyl (C=O) groups excluding carboxylic acids is 1. The maximum absolute atomic E-state index is 13.2. The van der Waals surface area contributed by atoms with Crippen LogP contribution in [-0.2, 0) is 0 Å². The molecule has 0 bridgehead atoms. The number of carbonyl (C=O) groups is 1. The van der Waals surface area contributed by atoms with Gasteiger partial charge < -0.3 is 16.0 Å². The molecule has 0 aliphatic heterocycles. The summed E-state index contributed by atoms with van der Waals surface area (Å²) in [4.78, 5) is 14.2. The number of nitrogens with zero attached hydrogens (tertiary/aromatic N) is 1. The van der Waals surface area contributed by atoms with E-state index in [2.05, 4.69) is 40.0 Å². The van der Waals surface area contributed by atoms with Crippen LogP contribution in [0.25, 0.3) is 0 Å². The predicted octanol–water partition coefficient (Wildman–Crippen LogP) is 2.24. The molecule has 0 atom stereocenters. The van der Waals surface area contributed by atoms with Crippen molar-refractivity contribution in [2.45, 2.75) is 13.8 Å². The highest BCUT2D eigenvalue weighted by Gasteiger charge is 2.13.